The molecule has 0 saturated heterocycles. The Balaban J connectivity index is 1.04. The van der Waals surface area contributed by atoms with Crippen molar-refractivity contribution in [3.05, 3.63) is 200 Å². The highest BCUT2D eigenvalue weighted by atomic mass is 16.3. The van der Waals surface area contributed by atoms with E-state index in [-0.39, 0.29) is 5.41 Å². The highest BCUT2D eigenvalue weighted by molar-refractivity contribution is 6.10. The molecule has 1 heterocycles. The zero-order chi connectivity index (χ0) is 37.8. The number of fused-ring (bicyclic) bond motifs is 5. The number of nitrogens with zero attached hydrogens (tertiary/aromatic N) is 1. The monoisotopic (exact) mass is 719 g/mol. The fraction of sp³-hybridized carbons (Fsp3) is 0.0741. The number of rotatable bonds is 6. The highest BCUT2D eigenvalue weighted by Crippen LogP contribution is 2.42. The molecule has 0 aliphatic heterocycles. The van der Waals surface area contributed by atoms with Crippen molar-refractivity contribution in [2.45, 2.75) is 26.2 Å². The minimum Gasteiger partial charge on any atom is -0.455 e. The van der Waals surface area contributed by atoms with Crippen LogP contribution in [-0.4, -0.2) is 0 Å². The summed E-state index contributed by atoms with van der Waals surface area (Å²) in [5.41, 5.74) is 13.4. The van der Waals surface area contributed by atoms with Gasteiger partial charge in [-0.1, -0.05) is 166 Å². The Kier molecular flexibility index (Phi) is 8.08. The van der Waals surface area contributed by atoms with Gasteiger partial charge in [0.2, 0.25) is 0 Å². The van der Waals surface area contributed by atoms with Crippen molar-refractivity contribution in [1.29, 1.82) is 0 Å². The number of furan rings is 1. The second-order valence-electron chi connectivity index (χ2n) is 15.8. The third-order valence-electron chi connectivity index (χ3n) is 11.2. The van der Waals surface area contributed by atoms with Crippen molar-refractivity contribution in [3.63, 3.8) is 0 Å². The van der Waals surface area contributed by atoms with E-state index in [0.29, 0.717) is 0 Å². The van der Waals surface area contributed by atoms with Gasteiger partial charge in [0.05, 0.1) is 0 Å². The quantitative estimate of drug-likeness (QED) is 0.170. The van der Waals surface area contributed by atoms with Crippen molar-refractivity contribution in [2.75, 3.05) is 4.90 Å². The van der Waals surface area contributed by atoms with Gasteiger partial charge in [-0.05, 0) is 103 Å². The average molecular weight is 720 g/mol. The molecule has 0 amide bonds. The minimum atomic E-state index is -0.0278. The Hall–Kier alpha value is -6.90. The lowest BCUT2D eigenvalue weighted by Crippen LogP contribution is -2.10. The maximum Gasteiger partial charge on any atom is 0.143 e. The molecule has 0 spiro atoms. The smallest absolute Gasteiger partial charge is 0.143 e. The molecule has 10 aromatic rings. The first kappa shape index (κ1) is 33.7. The summed E-state index contributed by atoms with van der Waals surface area (Å²) in [6.45, 7) is 6.73. The predicted octanol–water partition coefficient (Wildman–Crippen LogP) is 15.7. The molecule has 0 N–H and O–H groups in total. The van der Waals surface area contributed by atoms with E-state index in [9.17, 15) is 0 Å². The van der Waals surface area contributed by atoms with Crippen molar-refractivity contribution in [3.8, 4) is 33.4 Å². The molecule has 56 heavy (non-hydrogen) atoms. The molecular weight excluding hydrogens is 679 g/mol. The maximum atomic E-state index is 6.74. The van der Waals surface area contributed by atoms with E-state index in [1.54, 1.807) is 0 Å². The molecule has 0 bridgehead atoms. The van der Waals surface area contributed by atoms with Crippen molar-refractivity contribution in [2.24, 2.45) is 0 Å². The van der Waals surface area contributed by atoms with E-state index >= 15 is 0 Å². The topological polar surface area (TPSA) is 16.4 Å². The SMILES string of the molecule is CC(C)(C)c1cccc2c1oc1c(-c3ccc(N(c4ccc(-c5ccc6ccccc6c5)cc4)c4ccc(-c5ccc6ccccc6c5)cc4)cc3)cccc12. The van der Waals surface area contributed by atoms with Crippen molar-refractivity contribution >= 4 is 60.5 Å². The summed E-state index contributed by atoms with van der Waals surface area (Å²) in [6.07, 6.45) is 0. The van der Waals surface area contributed by atoms with Crippen LogP contribution in [0.1, 0.15) is 26.3 Å². The molecule has 2 heteroatoms. The lowest BCUT2D eigenvalue weighted by Gasteiger charge is -2.26. The lowest BCUT2D eigenvalue weighted by atomic mass is 9.86. The molecule has 9 aromatic carbocycles. The molecule has 2 nitrogen and oxygen atoms in total. The van der Waals surface area contributed by atoms with Crippen LogP contribution in [0.25, 0.3) is 76.9 Å². The Labute approximate surface area is 327 Å². The van der Waals surface area contributed by atoms with Crippen LogP contribution in [0.4, 0.5) is 17.1 Å². The van der Waals surface area contributed by atoms with E-state index in [0.717, 1.165) is 50.1 Å². The lowest BCUT2D eigenvalue weighted by molar-refractivity contribution is 0.573. The molecule has 10 rings (SSSR count). The van der Waals surface area contributed by atoms with Gasteiger partial charge in [0, 0.05) is 39.0 Å². The molecule has 0 unspecified atom stereocenters. The second kappa shape index (κ2) is 13.4. The van der Waals surface area contributed by atoms with Crippen molar-refractivity contribution in [1.82, 2.24) is 0 Å². The standard InChI is InChI=1S/C54H41NO/c1-54(2,3)51-17-9-16-50-49-15-8-14-48(52(49)56-53(50)51)40-26-32-47(33-27-40)55(45-28-22-38(23-29-45)43-20-18-36-10-4-6-12-41(36)34-43)46-30-24-39(25-31-46)44-21-19-37-11-5-7-13-42(37)35-44/h4-35H,1-3H3. The van der Waals surface area contributed by atoms with Gasteiger partial charge < -0.3 is 9.32 Å². The van der Waals surface area contributed by atoms with E-state index in [2.05, 4.69) is 220 Å². The van der Waals surface area contributed by atoms with E-state index in [1.807, 2.05) is 0 Å². The van der Waals surface area contributed by atoms with Crippen LogP contribution in [0.5, 0.6) is 0 Å². The summed E-state index contributed by atoms with van der Waals surface area (Å²) in [4.78, 5) is 2.34. The van der Waals surface area contributed by atoms with Crippen LogP contribution in [-0.2, 0) is 5.41 Å². The normalized spacial score (nSPS) is 11.8. The molecule has 0 aliphatic rings. The fourth-order valence-electron chi connectivity index (χ4n) is 8.22. The van der Waals surface area contributed by atoms with Gasteiger partial charge in [-0.2, -0.15) is 0 Å². The number of hydrogen-bond acceptors (Lipinski definition) is 2. The van der Waals surface area contributed by atoms with Crippen LogP contribution < -0.4 is 4.90 Å². The van der Waals surface area contributed by atoms with Crippen molar-refractivity contribution < 1.29 is 4.42 Å². The second-order valence-corrected chi connectivity index (χ2v) is 15.8. The van der Waals surface area contributed by atoms with Crippen LogP contribution >= 0.6 is 0 Å². The Morgan fingerprint density at radius 3 is 1.29 bits per heavy atom. The van der Waals surface area contributed by atoms with Gasteiger partial charge in [-0.25, -0.2) is 0 Å². The molecule has 0 radical (unpaired) electrons. The van der Waals surface area contributed by atoms with Gasteiger partial charge in [0.15, 0.2) is 0 Å². The third-order valence-corrected chi connectivity index (χ3v) is 11.2. The predicted molar refractivity (Wildman–Crippen MR) is 238 cm³/mol. The van der Waals surface area contributed by atoms with Gasteiger partial charge >= 0.3 is 0 Å². The number of benzene rings is 9. The number of anilines is 3. The number of hydrogen-bond donors (Lipinski definition) is 0. The van der Waals surface area contributed by atoms with Crippen LogP contribution in [0.15, 0.2) is 199 Å². The van der Waals surface area contributed by atoms with Gasteiger partial charge in [-0.3, -0.25) is 0 Å². The zero-order valence-electron chi connectivity index (χ0n) is 31.8. The van der Waals surface area contributed by atoms with Crippen LogP contribution in [0.2, 0.25) is 0 Å². The van der Waals surface area contributed by atoms with Gasteiger partial charge in [0.1, 0.15) is 11.2 Å². The first-order valence-corrected chi connectivity index (χ1v) is 19.4. The molecule has 0 aliphatic carbocycles. The summed E-state index contributed by atoms with van der Waals surface area (Å²) in [5.74, 6) is 0. The zero-order valence-corrected chi connectivity index (χ0v) is 31.8. The average Bonchev–Trinajstić information content (AvgIpc) is 3.63. The summed E-state index contributed by atoms with van der Waals surface area (Å²) >= 11 is 0. The minimum absolute atomic E-state index is 0.0278. The van der Waals surface area contributed by atoms with E-state index < -0.39 is 0 Å². The van der Waals surface area contributed by atoms with E-state index in [4.69, 9.17) is 4.42 Å². The molecule has 0 atom stereocenters. The molecular formula is C54H41NO. The Morgan fingerprint density at radius 1 is 0.357 bits per heavy atom. The molecule has 0 fully saturated rings. The Bertz CT molecular complexity index is 2910. The van der Waals surface area contributed by atoms with Gasteiger partial charge in [-0.15, -0.1) is 0 Å². The molecule has 268 valence electrons. The summed E-state index contributed by atoms with van der Waals surface area (Å²) < 4.78 is 6.74. The largest absolute Gasteiger partial charge is 0.455 e. The summed E-state index contributed by atoms with van der Waals surface area (Å²) in [7, 11) is 0. The third kappa shape index (κ3) is 6.01. The van der Waals surface area contributed by atoms with Crippen LogP contribution in [0.3, 0.4) is 0 Å². The first-order valence-electron chi connectivity index (χ1n) is 19.4. The summed E-state index contributed by atoms with van der Waals surface area (Å²) in [5, 5.41) is 7.30. The molecule has 0 saturated carbocycles. The molecule has 1 aromatic heterocycles. The fourth-order valence-corrected chi connectivity index (χ4v) is 8.22. The Morgan fingerprint density at radius 2 is 0.786 bits per heavy atom. The van der Waals surface area contributed by atoms with Gasteiger partial charge in [0.25, 0.3) is 0 Å². The summed E-state index contributed by atoms with van der Waals surface area (Å²) in [6, 6.07) is 70.3. The van der Waals surface area contributed by atoms with Crippen LogP contribution in [0, 0.1) is 0 Å². The highest BCUT2D eigenvalue weighted by Gasteiger charge is 2.22. The number of para-hydroxylation sites is 2. The van der Waals surface area contributed by atoms with E-state index in [1.165, 1.54) is 49.4 Å². The first-order chi connectivity index (χ1) is 27.4. The maximum absolute atomic E-state index is 6.74.